The molecule has 0 unspecified atom stereocenters. The Bertz CT molecular complexity index is 742. The first-order valence-electron chi connectivity index (χ1n) is 9.71. The molecule has 5 nitrogen and oxygen atoms in total. The maximum atomic E-state index is 12.4. The Balaban J connectivity index is 1.57. The number of para-hydroxylation sites is 2. The molecule has 2 aromatic rings. The molecule has 2 aromatic carbocycles. The molecule has 2 N–H and O–H groups in total. The topological polar surface area (TPSA) is 59.6 Å². The zero-order valence-corrected chi connectivity index (χ0v) is 15.9. The number of hydrogen-bond acceptors (Lipinski definition) is 3. The van der Waals surface area contributed by atoms with E-state index in [1.54, 1.807) is 0 Å². The maximum absolute atomic E-state index is 12.4. The van der Waals surface area contributed by atoms with Crippen LogP contribution >= 0.6 is 0 Å². The van der Waals surface area contributed by atoms with E-state index in [0.717, 1.165) is 35.4 Å². The number of carbonyl (C=O) groups is 1. The van der Waals surface area contributed by atoms with Crippen molar-refractivity contribution in [3.05, 3.63) is 59.7 Å². The summed E-state index contributed by atoms with van der Waals surface area (Å²) in [6, 6.07) is 15.3. The van der Waals surface area contributed by atoms with E-state index < -0.39 is 0 Å². The van der Waals surface area contributed by atoms with Gasteiger partial charge in [0, 0.05) is 30.0 Å². The Kier molecular flexibility index (Phi) is 7.11. The highest BCUT2D eigenvalue weighted by atomic mass is 16.5. The van der Waals surface area contributed by atoms with Gasteiger partial charge in [-0.2, -0.15) is 0 Å². The Morgan fingerprint density at radius 3 is 2.52 bits per heavy atom. The highest BCUT2D eigenvalue weighted by Gasteiger charge is 2.18. The number of rotatable bonds is 8. The second-order valence-electron chi connectivity index (χ2n) is 6.73. The number of hydrogen-bond donors (Lipinski definition) is 2. The van der Waals surface area contributed by atoms with E-state index in [4.69, 9.17) is 9.47 Å². The van der Waals surface area contributed by atoms with E-state index in [9.17, 15) is 4.79 Å². The molecule has 0 bridgehead atoms. The summed E-state index contributed by atoms with van der Waals surface area (Å²) in [5, 5.41) is 5.84. The number of anilines is 1. The predicted octanol–water partition coefficient (Wildman–Crippen LogP) is 4.87. The van der Waals surface area contributed by atoms with Crippen molar-refractivity contribution < 1.29 is 14.3 Å². The van der Waals surface area contributed by atoms with E-state index >= 15 is 0 Å². The number of urea groups is 1. The van der Waals surface area contributed by atoms with Gasteiger partial charge in [-0.15, -0.1) is 0 Å². The summed E-state index contributed by atoms with van der Waals surface area (Å²) in [4.78, 5) is 12.4. The molecule has 0 radical (unpaired) electrons. The molecule has 0 atom stereocenters. The van der Waals surface area contributed by atoms with Crippen LogP contribution in [0.3, 0.4) is 0 Å². The summed E-state index contributed by atoms with van der Waals surface area (Å²) >= 11 is 0. The van der Waals surface area contributed by atoms with Crippen LogP contribution in [0.15, 0.2) is 48.5 Å². The second kappa shape index (κ2) is 9.97. The minimum absolute atomic E-state index is 0.241. The predicted molar refractivity (Wildman–Crippen MR) is 107 cm³/mol. The smallest absolute Gasteiger partial charge is 0.319 e. The van der Waals surface area contributed by atoms with Crippen molar-refractivity contribution in [3.63, 3.8) is 0 Å². The molecule has 2 amide bonds. The van der Waals surface area contributed by atoms with Crippen molar-refractivity contribution in [2.75, 3.05) is 11.9 Å². The molecular weight excluding hydrogens is 340 g/mol. The van der Waals surface area contributed by atoms with Crippen molar-refractivity contribution in [2.45, 2.75) is 51.9 Å². The summed E-state index contributed by atoms with van der Waals surface area (Å²) in [7, 11) is 0. The second-order valence-corrected chi connectivity index (χ2v) is 6.73. The van der Waals surface area contributed by atoms with Crippen molar-refractivity contribution in [2.24, 2.45) is 0 Å². The average Bonchev–Trinajstić information content (AvgIpc) is 3.20. The quantitative estimate of drug-likeness (QED) is 0.699. The molecule has 1 saturated carbocycles. The highest BCUT2D eigenvalue weighted by Crippen LogP contribution is 2.26. The van der Waals surface area contributed by atoms with Crippen LogP contribution in [-0.4, -0.2) is 18.7 Å². The van der Waals surface area contributed by atoms with E-state index in [2.05, 4.69) is 10.6 Å². The third kappa shape index (κ3) is 5.73. The minimum atomic E-state index is -0.241. The van der Waals surface area contributed by atoms with Gasteiger partial charge in [0.05, 0.1) is 12.7 Å². The highest BCUT2D eigenvalue weighted by molar-refractivity contribution is 5.90. The normalized spacial score (nSPS) is 14.1. The molecule has 5 heteroatoms. The Hall–Kier alpha value is -2.53. The lowest BCUT2D eigenvalue weighted by Crippen LogP contribution is -2.29. The van der Waals surface area contributed by atoms with E-state index in [0.29, 0.717) is 25.9 Å². The molecule has 0 heterocycles. The third-order valence-corrected chi connectivity index (χ3v) is 4.74. The first-order valence-corrected chi connectivity index (χ1v) is 9.71. The Labute approximate surface area is 161 Å². The molecule has 27 heavy (non-hydrogen) atoms. The van der Waals surface area contributed by atoms with Crippen molar-refractivity contribution in [1.82, 2.24) is 5.32 Å². The van der Waals surface area contributed by atoms with E-state index in [-0.39, 0.29) is 6.03 Å². The van der Waals surface area contributed by atoms with Gasteiger partial charge in [-0.3, -0.25) is 0 Å². The van der Waals surface area contributed by atoms with Gasteiger partial charge >= 0.3 is 6.03 Å². The maximum Gasteiger partial charge on any atom is 0.319 e. The standard InChI is InChI=1S/C22H28N2O3/c1-2-26-16-18-10-3-7-13-20(18)24-22(25)23-15-17-9-4-8-14-21(17)27-19-11-5-6-12-19/h3-4,7-10,13-14,19H,2,5-6,11-12,15-16H2,1H3,(H2,23,24,25). The fraction of sp³-hybridized carbons (Fsp3) is 0.409. The van der Waals surface area contributed by atoms with Crippen LogP contribution in [0.2, 0.25) is 0 Å². The summed E-state index contributed by atoms with van der Waals surface area (Å²) in [6.45, 7) is 3.49. The van der Waals surface area contributed by atoms with Crippen LogP contribution < -0.4 is 15.4 Å². The zero-order chi connectivity index (χ0) is 18.9. The lowest BCUT2D eigenvalue weighted by molar-refractivity contribution is 0.134. The molecular formula is C22H28N2O3. The van der Waals surface area contributed by atoms with Crippen LogP contribution in [0.4, 0.5) is 10.5 Å². The van der Waals surface area contributed by atoms with Gasteiger partial charge in [0.2, 0.25) is 0 Å². The van der Waals surface area contributed by atoms with E-state index in [1.807, 2.05) is 55.5 Å². The molecule has 1 aliphatic rings. The SMILES string of the molecule is CCOCc1ccccc1NC(=O)NCc1ccccc1OC1CCCC1. The Morgan fingerprint density at radius 2 is 1.74 bits per heavy atom. The third-order valence-electron chi connectivity index (χ3n) is 4.74. The van der Waals surface area contributed by atoms with Crippen molar-refractivity contribution in [3.8, 4) is 5.75 Å². The Morgan fingerprint density at radius 1 is 1.04 bits per heavy atom. The summed E-state index contributed by atoms with van der Waals surface area (Å²) in [5.74, 6) is 0.862. The van der Waals surface area contributed by atoms with E-state index in [1.165, 1.54) is 12.8 Å². The monoisotopic (exact) mass is 368 g/mol. The minimum Gasteiger partial charge on any atom is -0.490 e. The number of carbonyl (C=O) groups excluding carboxylic acids is 1. The van der Waals surface area contributed by atoms with Gasteiger partial charge in [-0.05, 0) is 44.7 Å². The molecule has 3 rings (SSSR count). The molecule has 0 aromatic heterocycles. The average molecular weight is 368 g/mol. The van der Waals surface area contributed by atoms with Gasteiger partial charge in [-0.1, -0.05) is 36.4 Å². The molecule has 144 valence electrons. The van der Waals surface area contributed by atoms with Crippen LogP contribution in [0.1, 0.15) is 43.7 Å². The van der Waals surface area contributed by atoms with Gasteiger partial charge < -0.3 is 20.1 Å². The largest absolute Gasteiger partial charge is 0.490 e. The lowest BCUT2D eigenvalue weighted by atomic mass is 10.2. The van der Waals surface area contributed by atoms with Gasteiger partial charge in [-0.25, -0.2) is 4.79 Å². The van der Waals surface area contributed by atoms with Crippen LogP contribution in [0.25, 0.3) is 0 Å². The fourth-order valence-corrected chi connectivity index (χ4v) is 3.27. The molecule has 1 aliphatic carbocycles. The number of amides is 2. The molecule has 0 spiro atoms. The number of benzene rings is 2. The summed E-state index contributed by atoms with van der Waals surface area (Å²) in [6.07, 6.45) is 4.98. The zero-order valence-electron chi connectivity index (χ0n) is 15.9. The van der Waals surface area contributed by atoms with Crippen LogP contribution in [0.5, 0.6) is 5.75 Å². The summed E-state index contributed by atoms with van der Waals surface area (Å²) < 4.78 is 11.6. The number of ether oxygens (including phenoxy) is 2. The lowest BCUT2D eigenvalue weighted by Gasteiger charge is -2.17. The van der Waals surface area contributed by atoms with Crippen molar-refractivity contribution in [1.29, 1.82) is 0 Å². The van der Waals surface area contributed by atoms with Gasteiger partial charge in [0.25, 0.3) is 0 Å². The van der Waals surface area contributed by atoms with Gasteiger partial charge in [0.15, 0.2) is 0 Å². The molecule has 1 fully saturated rings. The van der Waals surface area contributed by atoms with Crippen LogP contribution in [-0.2, 0) is 17.9 Å². The van der Waals surface area contributed by atoms with Gasteiger partial charge in [0.1, 0.15) is 5.75 Å². The fourth-order valence-electron chi connectivity index (χ4n) is 3.27. The first-order chi connectivity index (χ1) is 13.3. The summed E-state index contributed by atoms with van der Waals surface area (Å²) in [5.41, 5.74) is 2.71. The van der Waals surface area contributed by atoms with Crippen LogP contribution in [0, 0.1) is 0 Å². The van der Waals surface area contributed by atoms with Crippen molar-refractivity contribution >= 4 is 11.7 Å². The molecule has 0 aliphatic heterocycles. The first kappa shape index (κ1) is 19.2. The molecule has 0 saturated heterocycles. The number of nitrogens with one attached hydrogen (secondary N) is 2.